The number of carbonyl (C=O) groups is 1. The standard InChI is InChI=1S/C21H28N6O3S/c1-25(2)31(29,30)16-8-9-18-17(14-16)23-19(26(18)3)10-11-21(28)24-20-12-13-22-27(20)15-6-4-5-7-15/h8-9,12-15H,4-7,10-11H2,1-3H3,(H,24,28). The molecule has 1 N–H and O–H groups in total. The molecule has 0 radical (unpaired) electrons. The second-order valence-corrected chi connectivity index (χ2v) is 10.3. The van der Waals surface area contributed by atoms with Gasteiger partial charge in [0.15, 0.2) is 0 Å². The molecule has 0 spiro atoms. The highest BCUT2D eigenvalue weighted by Gasteiger charge is 2.21. The number of benzene rings is 1. The second-order valence-electron chi connectivity index (χ2n) is 8.17. The molecule has 31 heavy (non-hydrogen) atoms. The van der Waals surface area contributed by atoms with Gasteiger partial charge in [-0.1, -0.05) is 12.8 Å². The molecule has 4 rings (SSSR count). The Hall–Kier alpha value is -2.72. The molecule has 1 aromatic carbocycles. The Morgan fingerprint density at radius 2 is 1.97 bits per heavy atom. The molecule has 0 saturated heterocycles. The molecular weight excluding hydrogens is 416 g/mol. The summed E-state index contributed by atoms with van der Waals surface area (Å²) in [5.41, 5.74) is 1.42. The average molecular weight is 445 g/mol. The Morgan fingerprint density at radius 3 is 2.68 bits per heavy atom. The van der Waals surface area contributed by atoms with Gasteiger partial charge in [0.1, 0.15) is 11.6 Å². The van der Waals surface area contributed by atoms with Crippen molar-refractivity contribution in [2.24, 2.45) is 7.05 Å². The van der Waals surface area contributed by atoms with Crippen molar-refractivity contribution in [2.45, 2.75) is 49.5 Å². The van der Waals surface area contributed by atoms with Crippen molar-refractivity contribution in [1.82, 2.24) is 23.6 Å². The molecule has 166 valence electrons. The van der Waals surface area contributed by atoms with Crippen molar-refractivity contribution in [3.63, 3.8) is 0 Å². The van der Waals surface area contributed by atoms with E-state index >= 15 is 0 Å². The van der Waals surface area contributed by atoms with Gasteiger partial charge in [0.2, 0.25) is 15.9 Å². The summed E-state index contributed by atoms with van der Waals surface area (Å²) >= 11 is 0. The first-order valence-corrected chi connectivity index (χ1v) is 11.9. The number of sulfonamides is 1. The Kier molecular flexibility index (Phi) is 5.85. The van der Waals surface area contributed by atoms with E-state index in [1.165, 1.54) is 31.2 Å². The number of nitrogens with one attached hydrogen (secondary N) is 1. The van der Waals surface area contributed by atoms with Gasteiger partial charge in [-0.05, 0) is 31.0 Å². The third-order valence-corrected chi connectivity index (χ3v) is 7.72. The topological polar surface area (TPSA) is 102 Å². The third kappa shape index (κ3) is 4.22. The molecular formula is C21H28N6O3S. The van der Waals surface area contributed by atoms with E-state index in [0.717, 1.165) is 30.0 Å². The SMILES string of the molecule is CN(C)S(=O)(=O)c1ccc2c(c1)nc(CCC(=O)Nc1ccnn1C1CCCC1)n2C. The number of hydrogen-bond acceptors (Lipinski definition) is 5. The van der Waals surface area contributed by atoms with Gasteiger partial charge >= 0.3 is 0 Å². The van der Waals surface area contributed by atoms with Crippen LogP contribution in [-0.4, -0.2) is 52.1 Å². The van der Waals surface area contributed by atoms with Crippen molar-refractivity contribution in [2.75, 3.05) is 19.4 Å². The number of carbonyl (C=O) groups excluding carboxylic acids is 1. The number of aromatic nitrogens is 4. The molecule has 1 amide bonds. The maximum atomic E-state index is 12.6. The molecule has 9 nitrogen and oxygen atoms in total. The van der Waals surface area contributed by atoms with Crippen LogP contribution in [0.25, 0.3) is 11.0 Å². The van der Waals surface area contributed by atoms with Gasteiger partial charge in [-0.2, -0.15) is 5.10 Å². The fraction of sp³-hybridized carbons (Fsp3) is 0.476. The number of fused-ring (bicyclic) bond motifs is 1. The number of anilines is 1. The van der Waals surface area contributed by atoms with E-state index in [4.69, 9.17) is 0 Å². The molecule has 2 heterocycles. The highest BCUT2D eigenvalue weighted by atomic mass is 32.2. The van der Waals surface area contributed by atoms with Crippen LogP contribution in [0.4, 0.5) is 5.82 Å². The lowest BCUT2D eigenvalue weighted by molar-refractivity contribution is -0.116. The number of hydrogen-bond donors (Lipinski definition) is 1. The number of nitrogens with zero attached hydrogens (tertiary/aromatic N) is 5. The average Bonchev–Trinajstić information content (AvgIpc) is 3.47. The Bertz CT molecular complexity index is 1210. The van der Waals surface area contributed by atoms with E-state index < -0.39 is 10.0 Å². The first kappa shape index (κ1) is 21.5. The summed E-state index contributed by atoms with van der Waals surface area (Å²) in [7, 11) is 1.35. The normalized spacial score (nSPS) is 15.2. The fourth-order valence-electron chi connectivity index (χ4n) is 4.11. The predicted molar refractivity (Wildman–Crippen MR) is 118 cm³/mol. The van der Waals surface area contributed by atoms with E-state index in [9.17, 15) is 13.2 Å². The highest BCUT2D eigenvalue weighted by Crippen LogP contribution is 2.31. The predicted octanol–water partition coefficient (Wildman–Crippen LogP) is 2.71. The summed E-state index contributed by atoms with van der Waals surface area (Å²) in [4.78, 5) is 17.3. The Labute approximate surface area is 182 Å². The van der Waals surface area contributed by atoms with Crippen molar-refractivity contribution in [1.29, 1.82) is 0 Å². The van der Waals surface area contributed by atoms with Crippen molar-refractivity contribution >= 4 is 32.8 Å². The highest BCUT2D eigenvalue weighted by molar-refractivity contribution is 7.89. The van der Waals surface area contributed by atoms with Crippen LogP contribution >= 0.6 is 0 Å². The van der Waals surface area contributed by atoms with Crippen LogP contribution in [0.2, 0.25) is 0 Å². The van der Waals surface area contributed by atoms with Crippen LogP contribution in [0, 0.1) is 0 Å². The molecule has 1 aliphatic carbocycles. The lowest BCUT2D eigenvalue weighted by atomic mass is 10.2. The minimum Gasteiger partial charge on any atom is -0.331 e. The number of aryl methyl sites for hydroxylation is 2. The zero-order chi connectivity index (χ0) is 22.2. The Morgan fingerprint density at radius 1 is 1.23 bits per heavy atom. The fourth-order valence-corrected chi connectivity index (χ4v) is 5.03. The van der Waals surface area contributed by atoms with Crippen molar-refractivity contribution in [3.8, 4) is 0 Å². The first-order valence-electron chi connectivity index (χ1n) is 10.5. The smallest absolute Gasteiger partial charge is 0.242 e. The molecule has 1 saturated carbocycles. The minimum atomic E-state index is -3.53. The number of imidazole rings is 1. The van der Waals surface area contributed by atoms with Gasteiger partial charge in [-0.15, -0.1) is 0 Å². The van der Waals surface area contributed by atoms with E-state index in [1.54, 1.807) is 24.4 Å². The van der Waals surface area contributed by atoms with Gasteiger partial charge in [-0.3, -0.25) is 4.79 Å². The summed E-state index contributed by atoms with van der Waals surface area (Å²) in [6.45, 7) is 0. The molecule has 10 heteroatoms. The quantitative estimate of drug-likeness (QED) is 0.604. The van der Waals surface area contributed by atoms with Crippen molar-refractivity contribution in [3.05, 3.63) is 36.3 Å². The number of amides is 1. The number of rotatable bonds is 7. The second kappa shape index (κ2) is 8.43. The maximum Gasteiger partial charge on any atom is 0.242 e. The minimum absolute atomic E-state index is 0.0947. The lowest BCUT2D eigenvalue weighted by Crippen LogP contribution is -2.22. The molecule has 2 aromatic heterocycles. The van der Waals surface area contributed by atoms with Gasteiger partial charge in [0.05, 0.1) is 28.2 Å². The van der Waals surface area contributed by atoms with E-state index in [-0.39, 0.29) is 17.2 Å². The Balaban J connectivity index is 1.46. The summed E-state index contributed by atoms with van der Waals surface area (Å²) in [5, 5.41) is 7.36. The van der Waals surface area contributed by atoms with E-state index in [2.05, 4.69) is 15.4 Å². The van der Waals surface area contributed by atoms with Crippen LogP contribution in [0.1, 0.15) is 44.0 Å². The molecule has 0 bridgehead atoms. The van der Waals surface area contributed by atoms with Gasteiger partial charge in [0, 0.05) is 40.1 Å². The summed E-state index contributed by atoms with van der Waals surface area (Å²) in [5.74, 6) is 1.37. The van der Waals surface area contributed by atoms with E-state index in [0.29, 0.717) is 18.0 Å². The summed E-state index contributed by atoms with van der Waals surface area (Å²) < 4.78 is 29.8. The largest absolute Gasteiger partial charge is 0.331 e. The lowest BCUT2D eigenvalue weighted by Gasteiger charge is -2.14. The van der Waals surface area contributed by atoms with Crippen LogP contribution < -0.4 is 5.32 Å². The molecule has 0 aliphatic heterocycles. The van der Waals surface area contributed by atoms with Crippen LogP contribution in [0.3, 0.4) is 0 Å². The third-order valence-electron chi connectivity index (χ3n) is 5.91. The molecule has 1 fully saturated rings. The maximum absolute atomic E-state index is 12.6. The summed E-state index contributed by atoms with van der Waals surface area (Å²) in [6, 6.07) is 7.10. The zero-order valence-electron chi connectivity index (χ0n) is 18.1. The zero-order valence-corrected chi connectivity index (χ0v) is 18.9. The van der Waals surface area contributed by atoms with Crippen molar-refractivity contribution < 1.29 is 13.2 Å². The monoisotopic (exact) mass is 444 g/mol. The molecule has 0 atom stereocenters. The molecule has 3 aromatic rings. The van der Waals surface area contributed by atoms with Gasteiger partial charge in [-0.25, -0.2) is 22.4 Å². The van der Waals surface area contributed by atoms with Crippen LogP contribution in [0.5, 0.6) is 0 Å². The van der Waals surface area contributed by atoms with Gasteiger partial charge < -0.3 is 9.88 Å². The molecule has 1 aliphatic rings. The first-order chi connectivity index (χ1) is 14.8. The molecule has 0 unspecified atom stereocenters. The summed E-state index contributed by atoms with van der Waals surface area (Å²) in [6.07, 6.45) is 7.02. The van der Waals surface area contributed by atoms with Crippen LogP contribution in [-0.2, 0) is 28.3 Å². The van der Waals surface area contributed by atoms with Gasteiger partial charge in [0.25, 0.3) is 0 Å². The van der Waals surface area contributed by atoms with Crippen LogP contribution in [0.15, 0.2) is 35.4 Å². The van der Waals surface area contributed by atoms with E-state index in [1.807, 2.05) is 22.4 Å².